The lowest BCUT2D eigenvalue weighted by atomic mass is 9.74. The van der Waals surface area contributed by atoms with E-state index in [-0.39, 0.29) is 5.54 Å². The number of rotatable bonds is 3. The molecule has 0 atom stereocenters. The molecule has 2 aliphatic carbocycles. The third-order valence-corrected chi connectivity index (χ3v) is 5.35. The zero-order valence-electron chi connectivity index (χ0n) is 12.7. The standard InChI is InChI=1S/C17H18ClN3O2/c18-13-6-11-9(8-20-13)2-3-10-14(16(22)23)12(21-15(10)11)7-17(19)4-1-5-17/h6,8,21H,1-5,7,19H2,(H,22,23). The average Bonchev–Trinajstić information content (AvgIpc) is 2.84. The molecule has 4 rings (SSSR count). The van der Waals surface area contributed by atoms with Crippen LogP contribution in [0, 0.1) is 0 Å². The largest absolute Gasteiger partial charge is 0.478 e. The lowest BCUT2D eigenvalue weighted by molar-refractivity contribution is 0.0694. The molecule has 4 N–H and O–H groups in total. The van der Waals surface area contributed by atoms with Crippen LogP contribution in [0.4, 0.5) is 0 Å². The van der Waals surface area contributed by atoms with E-state index in [0.29, 0.717) is 23.6 Å². The van der Waals surface area contributed by atoms with Crippen molar-refractivity contribution in [3.8, 4) is 11.3 Å². The number of carbonyl (C=O) groups is 1. The van der Waals surface area contributed by atoms with Gasteiger partial charge in [-0.3, -0.25) is 0 Å². The van der Waals surface area contributed by atoms with Gasteiger partial charge in [0.15, 0.2) is 0 Å². The molecule has 5 nitrogen and oxygen atoms in total. The van der Waals surface area contributed by atoms with Crippen LogP contribution < -0.4 is 5.73 Å². The minimum absolute atomic E-state index is 0.267. The molecule has 0 aromatic carbocycles. The Balaban J connectivity index is 1.85. The smallest absolute Gasteiger partial charge is 0.337 e. The van der Waals surface area contributed by atoms with Crippen molar-refractivity contribution in [1.82, 2.24) is 9.97 Å². The Bertz CT molecular complexity index is 808. The van der Waals surface area contributed by atoms with Crippen molar-refractivity contribution in [2.75, 3.05) is 0 Å². The van der Waals surface area contributed by atoms with E-state index in [1.807, 2.05) is 6.07 Å². The molecular weight excluding hydrogens is 314 g/mol. The number of nitrogens with zero attached hydrogens (tertiary/aromatic N) is 1. The van der Waals surface area contributed by atoms with Gasteiger partial charge in [0, 0.05) is 29.4 Å². The summed E-state index contributed by atoms with van der Waals surface area (Å²) in [5, 5.41) is 10.1. The lowest BCUT2D eigenvalue weighted by Gasteiger charge is -2.38. The van der Waals surface area contributed by atoms with E-state index in [1.165, 1.54) is 0 Å². The van der Waals surface area contributed by atoms with Gasteiger partial charge in [-0.1, -0.05) is 11.6 Å². The van der Waals surface area contributed by atoms with E-state index < -0.39 is 5.97 Å². The number of hydrogen-bond acceptors (Lipinski definition) is 3. The third kappa shape index (κ3) is 2.35. The van der Waals surface area contributed by atoms with Gasteiger partial charge < -0.3 is 15.8 Å². The topological polar surface area (TPSA) is 92.0 Å². The molecule has 0 spiro atoms. The minimum Gasteiger partial charge on any atom is -0.478 e. The Morgan fingerprint density at radius 3 is 2.87 bits per heavy atom. The van der Waals surface area contributed by atoms with Gasteiger partial charge in [0.2, 0.25) is 0 Å². The first-order valence-corrected chi connectivity index (χ1v) is 8.25. The molecular formula is C17H18ClN3O2. The summed E-state index contributed by atoms with van der Waals surface area (Å²) in [5.41, 5.74) is 11.0. The number of H-pyrrole nitrogens is 1. The van der Waals surface area contributed by atoms with Crippen LogP contribution >= 0.6 is 11.6 Å². The van der Waals surface area contributed by atoms with E-state index in [9.17, 15) is 9.90 Å². The van der Waals surface area contributed by atoms with Gasteiger partial charge in [0.05, 0.1) is 11.3 Å². The molecule has 2 aliphatic rings. The van der Waals surface area contributed by atoms with Gasteiger partial charge in [-0.15, -0.1) is 0 Å². The number of carboxylic acid groups (broad SMARTS) is 1. The van der Waals surface area contributed by atoms with Crippen molar-refractivity contribution < 1.29 is 9.90 Å². The average molecular weight is 332 g/mol. The molecule has 0 saturated heterocycles. The van der Waals surface area contributed by atoms with E-state index in [1.54, 1.807) is 6.20 Å². The lowest BCUT2D eigenvalue weighted by Crippen LogP contribution is -2.48. The maximum Gasteiger partial charge on any atom is 0.337 e. The predicted molar refractivity (Wildman–Crippen MR) is 87.9 cm³/mol. The number of carboxylic acids is 1. The molecule has 0 unspecified atom stereocenters. The summed E-state index contributed by atoms with van der Waals surface area (Å²) in [6.45, 7) is 0. The predicted octanol–water partition coefficient (Wildman–Crippen LogP) is 2.95. The van der Waals surface area contributed by atoms with Crippen LogP contribution in [0.2, 0.25) is 5.15 Å². The van der Waals surface area contributed by atoms with E-state index >= 15 is 0 Å². The second-order valence-electron chi connectivity index (χ2n) is 6.69. The van der Waals surface area contributed by atoms with Crippen LogP contribution in [-0.2, 0) is 19.3 Å². The van der Waals surface area contributed by atoms with Crippen LogP contribution in [0.25, 0.3) is 11.3 Å². The number of nitrogens with one attached hydrogen (secondary N) is 1. The Morgan fingerprint density at radius 1 is 1.43 bits per heavy atom. The van der Waals surface area contributed by atoms with Crippen molar-refractivity contribution in [2.45, 2.75) is 44.1 Å². The Kier molecular flexibility index (Phi) is 3.25. The first-order valence-electron chi connectivity index (χ1n) is 7.87. The fraction of sp³-hybridized carbons (Fsp3) is 0.412. The summed E-state index contributed by atoms with van der Waals surface area (Å²) in [5.74, 6) is -0.885. The monoisotopic (exact) mass is 331 g/mol. The van der Waals surface area contributed by atoms with Gasteiger partial charge in [-0.05, 0) is 49.3 Å². The number of aryl methyl sites for hydroxylation is 1. The first kappa shape index (κ1) is 14.7. The van der Waals surface area contributed by atoms with Crippen molar-refractivity contribution in [1.29, 1.82) is 0 Å². The van der Waals surface area contributed by atoms with Crippen LogP contribution in [0.5, 0.6) is 0 Å². The SMILES string of the molecule is NC1(Cc2[nH]c3c(c2C(=O)O)CCc2cnc(Cl)cc2-3)CCC1. The second kappa shape index (κ2) is 5.08. The van der Waals surface area contributed by atoms with Gasteiger partial charge in [0.25, 0.3) is 0 Å². The molecule has 1 saturated carbocycles. The Hall–Kier alpha value is -1.85. The summed E-state index contributed by atoms with van der Waals surface area (Å²) in [6, 6.07) is 1.81. The Morgan fingerprint density at radius 2 is 2.22 bits per heavy atom. The van der Waals surface area contributed by atoms with Gasteiger partial charge in [-0.25, -0.2) is 9.78 Å². The summed E-state index contributed by atoms with van der Waals surface area (Å²) in [6.07, 6.45) is 6.83. The molecule has 2 aromatic rings. The molecule has 1 fully saturated rings. The van der Waals surface area contributed by atoms with Crippen LogP contribution in [0.3, 0.4) is 0 Å². The molecule has 6 heteroatoms. The quantitative estimate of drug-likeness (QED) is 0.754. The highest BCUT2D eigenvalue weighted by Gasteiger charge is 2.36. The molecule has 23 heavy (non-hydrogen) atoms. The Labute approximate surface area is 138 Å². The summed E-state index contributed by atoms with van der Waals surface area (Å²) in [7, 11) is 0. The molecule has 2 heterocycles. The number of halogens is 1. The van der Waals surface area contributed by atoms with Crippen LogP contribution in [0.15, 0.2) is 12.3 Å². The molecule has 2 aromatic heterocycles. The van der Waals surface area contributed by atoms with E-state index in [2.05, 4.69) is 9.97 Å². The van der Waals surface area contributed by atoms with E-state index in [4.69, 9.17) is 17.3 Å². The summed E-state index contributed by atoms with van der Waals surface area (Å²) in [4.78, 5) is 19.3. The maximum atomic E-state index is 11.8. The van der Waals surface area contributed by atoms with Crippen molar-refractivity contribution >= 4 is 17.6 Å². The number of aromatic nitrogens is 2. The number of aromatic amines is 1. The van der Waals surface area contributed by atoms with Crippen molar-refractivity contribution in [3.05, 3.63) is 39.8 Å². The first-order chi connectivity index (χ1) is 11.0. The normalized spacial score (nSPS) is 18.0. The summed E-state index contributed by atoms with van der Waals surface area (Å²) >= 11 is 6.03. The zero-order chi connectivity index (χ0) is 16.2. The van der Waals surface area contributed by atoms with Crippen LogP contribution in [0.1, 0.15) is 46.4 Å². The fourth-order valence-electron chi connectivity index (χ4n) is 3.78. The number of hydrogen-bond donors (Lipinski definition) is 3. The zero-order valence-corrected chi connectivity index (χ0v) is 13.4. The fourth-order valence-corrected chi connectivity index (χ4v) is 3.93. The summed E-state index contributed by atoms with van der Waals surface area (Å²) < 4.78 is 0. The minimum atomic E-state index is -0.885. The number of nitrogens with two attached hydrogens (primary N) is 1. The molecule has 0 amide bonds. The van der Waals surface area contributed by atoms with Gasteiger partial charge in [0.1, 0.15) is 5.15 Å². The molecule has 0 bridgehead atoms. The highest BCUT2D eigenvalue weighted by atomic mass is 35.5. The molecule has 0 radical (unpaired) electrons. The van der Waals surface area contributed by atoms with E-state index in [0.717, 1.165) is 53.8 Å². The number of pyridine rings is 1. The van der Waals surface area contributed by atoms with Crippen molar-refractivity contribution in [2.24, 2.45) is 5.73 Å². The number of aromatic carboxylic acids is 1. The highest BCUT2D eigenvalue weighted by molar-refractivity contribution is 6.29. The molecule has 0 aliphatic heterocycles. The highest BCUT2D eigenvalue weighted by Crippen LogP contribution is 2.39. The van der Waals surface area contributed by atoms with Crippen LogP contribution in [-0.4, -0.2) is 26.6 Å². The third-order valence-electron chi connectivity index (χ3n) is 5.14. The van der Waals surface area contributed by atoms with Gasteiger partial charge in [-0.2, -0.15) is 0 Å². The van der Waals surface area contributed by atoms with Gasteiger partial charge >= 0.3 is 5.97 Å². The molecule has 120 valence electrons. The van der Waals surface area contributed by atoms with Crippen molar-refractivity contribution in [3.63, 3.8) is 0 Å². The number of fused-ring (bicyclic) bond motifs is 3. The maximum absolute atomic E-state index is 11.8. The second-order valence-corrected chi connectivity index (χ2v) is 7.08.